The number of aliphatic hydroxyl groups excluding tert-OH is 1. The average molecular weight is 339 g/mol. The minimum atomic E-state index is -0.413. The van der Waals surface area contributed by atoms with Crippen molar-refractivity contribution in [1.82, 2.24) is 14.8 Å². The van der Waals surface area contributed by atoms with Crippen molar-refractivity contribution in [3.05, 3.63) is 16.1 Å². The van der Waals surface area contributed by atoms with Crippen molar-refractivity contribution < 1.29 is 14.6 Å². The summed E-state index contributed by atoms with van der Waals surface area (Å²) in [6.07, 6.45) is 0.500. The van der Waals surface area contributed by atoms with Gasteiger partial charge in [-0.3, -0.25) is 9.69 Å². The molecule has 0 radical (unpaired) electrons. The van der Waals surface area contributed by atoms with E-state index in [1.807, 2.05) is 10.3 Å². The molecule has 2 saturated heterocycles. The van der Waals surface area contributed by atoms with Gasteiger partial charge in [0.1, 0.15) is 5.69 Å². The van der Waals surface area contributed by atoms with Crippen LogP contribution in [0.4, 0.5) is 0 Å². The lowest BCUT2D eigenvalue weighted by atomic mass is 10.2. The molecule has 3 heterocycles. The highest BCUT2D eigenvalue weighted by Crippen LogP contribution is 2.21. The number of nitrogens with zero attached hydrogens (tertiary/aromatic N) is 3. The van der Waals surface area contributed by atoms with Crippen LogP contribution >= 0.6 is 11.3 Å². The molecule has 3 rings (SSSR count). The third-order valence-corrected chi connectivity index (χ3v) is 5.69. The van der Waals surface area contributed by atoms with Crippen molar-refractivity contribution in [2.24, 2.45) is 0 Å². The molecule has 2 aliphatic rings. The first-order valence-electron chi connectivity index (χ1n) is 8.31. The van der Waals surface area contributed by atoms with Gasteiger partial charge >= 0.3 is 0 Å². The Hall–Kier alpha value is -1.02. The van der Waals surface area contributed by atoms with Gasteiger partial charge in [0.2, 0.25) is 0 Å². The Morgan fingerprint density at radius 3 is 2.83 bits per heavy atom. The monoisotopic (exact) mass is 339 g/mol. The highest BCUT2D eigenvalue weighted by atomic mass is 32.1. The zero-order chi connectivity index (χ0) is 16.4. The quantitative estimate of drug-likeness (QED) is 0.896. The molecule has 2 fully saturated rings. The first kappa shape index (κ1) is 16.8. The van der Waals surface area contributed by atoms with Crippen molar-refractivity contribution in [2.75, 3.05) is 39.4 Å². The van der Waals surface area contributed by atoms with Crippen molar-refractivity contribution in [2.45, 2.75) is 38.3 Å². The molecule has 1 aromatic heterocycles. The average Bonchev–Trinajstić information content (AvgIpc) is 3.11. The minimum Gasteiger partial charge on any atom is -0.389 e. The molecule has 1 aromatic rings. The van der Waals surface area contributed by atoms with Gasteiger partial charge in [-0.2, -0.15) is 0 Å². The Bertz CT molecular complexity index is 548. The zero-order valence-electron chi connectivity index (χ0n) is 13.8. The van der Waals surface area contributed by atoms with Gasteiger partial charge in [0.15, 0.2) is 0 Å². The molecule has 2 unspecified atom stereocenters. The van der Waals surface area contributed by atoms with Gasteiger partial charge in [0.25, 0.3) is 5.91 Å². The number of thiazole rings is 1. The van der Waals surface area contributed by atoms with Gasteiger partial charge < -0.3 is 14.7 Å². The molecular formula is C16H25N3O3S. The number of hydrogen-bond donors (Lipinski definition) is 1. The number of carbonyl (C=O) groups excluding carboxylic acids is 1. The SMILES string of the molecule is CC(C)c1nc(C(=O)N2CCCN(C3COCC3O)CC2)cs1. The summed E-state index contributed by atoms with van der Waals surface area (Å²) in [4.78, 5) is 21.3. The van der Waals surface area contributed by atoms with E-state index in [9.17, 15) is 9.90 Å². The lowest BCUT2D eigenvalue weighted by Crippen LogP contribution is -2.45. The van der Waals surface area contributed by atoms with Gasteiger partial charge in [0, 0.05) is 37.5 Å². The lowest BCUT2D eigenvalue weighted by molar-refractivity contribution is 0.0721. The van der Waals surface area contributed by atoms with Crippen LogP contribution in [-0.4, -0.2) is 77.3 Å². The van der Waals surface area contributed by atoms with Crippen molar-refractivity contribution in [3.8, 4) is 0 Å². The molecule has 1 N–H and O–H groups in total. The molecule has 2 atom stereocenters. The Labute approximate surface area is 141 Å². The number of amides is 1. The highest BCUT2D eigenvalue weighted by molar-refractivity contribution is 7.09. The van der Waals surface area contributed by atoms with Gasteiger partial charge in [0.05, 0.1) is 30.4 Å². The number of carbonyl (C=O) groups is 1. The first-order valence-corrected chi connectivity index (χ1v) is 9.18. The van der Waals surface area contributed by atoms with Crippen LogP contribution in [0.1, 0.15) is 41.7 Å². The van der Waals surface area contributed by atoms with Crippen LogP contribution in [0.2, 0.25) is 0 Å². The first-order chi connectivity index (χ1) is 11.1. The number of aromatic nitrogens is 1. The zero-order valence-corrected chi connectivity index (χ0v) is 14.6. The van der Waals surface area contributed by atoms with E-state index in [2.05, 4.69) is 23.7 Å². The third kappa shape index (κ3) is 3.74. The summed E-state index contributed by atoms with van der Waals surface area (Å²) in [5, 5.41) is 12.9. The summed E-state index contributed by atoms with van der Waals surface area (Å²) < 4.78 is 5.35. The summed E-state index contributed by atoms with van der Waals surface area (Å²) in [5.41, 5.74) is 0.566. The van der Waals surface area contributed by atoms with Gasteiger partial charge in [-0.05, 0) is 6.42 Å². The summed E-state index contributed by atoms with van der Waals surface area (Å²) in [7, 11) is 0. The smallest absolute Gasteiger partial charge is 0.273 e. The van der Waals surface area contributed by atoms with Crippen LogP contribution in [0.15, 0.2) is 5.38 Å². The fraction of sp³-hybridized carbons (Fsp3) is 0.750. The molecule has 0 saturated carbocycles. The van der Waals surface area contributed by atoms with Crippen molar-refractivity contribution in [3.63, 3.8) is 0 Å². The largest absolute Gasteiger partial charge is 0.389 e. The van der Waals surface area contributed by atoms with E-state index in [4.69, 9.17) is 4.74 Å². The predicted molar refractivity (Wildman–Crippen MR) is 88.9 cm³/mol. The van der Waals surface area contributed by atoms with Crippen LogP contribution in [0.5, 0.6) is 0 Å². The Morgan fingerprint density at radius 2 is 2.17 bits per heavy atom. The highest BCUT2D eigenvalue weighted by Gasteiger charge is 2.33. The van der Waals surface area contributed by atoms with Crippen LogP contribution in [0.25, 0.3) is 0 Å². The van der Waals surface area contributed by atoms with E-state index in [1.54, 1.807) is 11.3 Å². The van der Waals surface area contributed by atoms with Crippen LogP contribution in [-0.2, 0) is 4.74 Å². The molecule has 128 valence electrons. The van der Waals surface area contributed by atoms with Crippen molar-refractivity contribution in [1.29, 1.82) is 0 Å². The molecule has 0 bridgehead atoms. The Kier molecular flexibility index (Phi) is 5.31. The maximum atomic E-state index is 12.7. The number of ether oxygens (including phenoxy) is 1. The molecular weight excluding hydrogens is 314 g/mol. The van der Waals surface area contributed by atoms with Crippen molar-refractivity contribution >= 4 is 17.2 Å². The molecule has 23 heavy (non-hydrogen) atoms. The van der Waals surface area contributed by atoms with E-state index < -0.39 is 6.10 Å². The molecule has 0 aromatic carbocycles. The molecule has 2 aliphatic heterocycles. The Morgan fingerprint density at radius 1 is 1.35 bits per heavy atom. The molecule has 7 heteroatoms. The maximum absolute atomic E-state index is 12.7. The standard InChI is InChI=1S/C16H25N3O3S/c1-11(2)15-17-12(10-23-15)16(21)19-5-3-4-18(6-7-19)13-8-22-9-14(13)20/h10-11,13-14,20H,3-9H2,1-2H3. The fourth-order valence-corrected chi connectivity index (χ4v) is 3.97. The van der Waals surface area contributed by atoms with Gasteiger partial charge in [-0.15, -0.1) is 11.3 Å². The van der Waals surface area contributed by atoms with Gasteiger partial charge in [-0.1, -0.05) is 13.8 Å². The predicted octanol–water partition coefficient (Wildman–Crippen LogP) is 1.17. The lowest BCUT2D eigenvalue weighted by Gasteiger charge is -2.28. The van der Waals surface area contributed by atoms with Crippen LogP contribution in [0.3, 0.4) is 0 Å². The third-order valence-electron chi connectivity index (χ3n) is 4.54. The topological polar surface area (TPSA) is 65.9 Å². The van der Waals surface area contributed by atoms with Crippen LogP contribution < -0.4 is 0 Å². The van der Waals surface area contributed by atoms with E-state index in [-0.39, 0.29) is 11.9 Å². The van der Waals surface area contributed by atoms with Crippen LogP contribution in [0, 0.1) is 0 Å². The molecule has 6 nitrogen and oxygen atoms in total. The second kappa shape index (κ2) is 7.25. The number of rotatable bonds is 3. The van der Waals surface area contributed by atoms with E-state index >= 15 is 0 Å². The Balaban J connectivity index is 1.61. The second-order valence-corrected chi connectivity index (χ2v) is 7.47. The fourth-order valence-electron chi connectivity index (χ4n) is 3.17. The summed E-state index contributed by atoms with van der Waals surface area (Å²) in [6, 6.07) is 0.0665. The normalized spacial score (nSPS) is 26.7. The maximum Gasteiger partial charge on any atom is 0.273 e. The summed E-state index contributed by atoms with van der Waals surface area (Å²) in [5.74, 6) is 0.378. The summed E-state index contributed by atoms with van der Waals surface area (Å²) in [6.45, 7) is 8.27. The van der Waals surface area contributed by atoms with Gasteiger partial charge in [-0.25, -0.2) is 4.98 Å². The molecule has 0 spiro atoms. The van der Waals surface area contributed by atoms with E-state index in [0.29, 0.717) is 31.4 Å². The number of hydrogen-bond acceptors (Lipinski definition) is 6. The molecule has 1 amide bonds. The minimum absolute atomic E-state index is 0.0261. The molecule has 0 aliphatic carbocycles. The summed E-state index contributed by atoms with van der Waals surface area (Å²) >= 11 is 1.56. The second-order valence-electron chi connectivity index (χ2n) is 6.58. The van der Waals surface area contributed by atoms with E-state index in [1.165, 1.54) is 0 Å². The van der Waals surface area contributed by atoms with E-state index in [0.717, 1.165) is 31.1 Å². The number of aliphatic hydroxyl groups is 1.